The zero-order valence-corrected chi connectivity index (χ0v) is 6.69. The third kappa shape index (κ3) is 1.96. The highest BCUT2D eigenvalue weighted by atomic mass is 16.4. The lowest BCUT2D eigenvalue weighted by atomic mass is 9.81. The van der Waals surface area contributed by atoms with E-state index >= 15 is 0 Å². The van der Waals surface area contributed by atoms with Gasteiger partial charge in [-0.2, -0.15) is 0 Å². The van der Waals surface area contributed by atoms with E-state index in [1.807, 2.05) is 0 Å². The molecule has 0 bridgehead atoms. The van der Waals surface area contributed by atoms with Crippen LogP contribution in [0.4, 0.5) is 0 Å². The van der Waals surface area contributed by atoms with Crippen LogP contribution in [0.5, 0.6) is 0 Å². The van der Waals surface area contributed by atoms with Gasteiger partial charge < -0.3 is 10.2 Å². The van der Waals surface area contributed by atoms with Crippen LogP contribution in [0.15, 0.2) is 0 Å². The minimum absolute atomic E-state index is 0.296. The molecule has 0 amide bonds. The van der Waals surface area contributed by atoms with Gasteiger partial charge >= 0.3 is 11.9 Å². The molecule has 1 rings (SSSR count). The van der Waals surface area contributed by atoms with E-state index in [1.165, 1.54) is 0 Å². The first-order chi connectivity index (χ1) is 5.61. The molecular weight excluding hydrogens is 160 g/mol. The Morgan fingerprint density at radius 3 is 1.75 bits per heavy atom. The molecule has 0 aromatic rings. The summed E-state index contributed by atoms with van der Waals surface area (Å²) in [7, 11) is 0. The first-order valence-corrected chi connectivity index (χ1v) is 4.07. The second-order valence-corrected chi connectivity index (χ2v) is 3.24. The van der Waals surface area contributed by atoms with E-state index in [2.05, 4.69) is 0 Å². The molecule has 1 aliphatic carbocycles. The van der Waals surface area contributed by atoms with Crippen molar-refractivity contribution in [2.24, 2.45) is 11.8 Å². The lowest BCUT2D eigenvalue weighted by Crippen LogP contribution is -2.26. The Morgan fingerprint density at radius 2 is 1.42 bits per heavy atom. The van der Waals surface area contributed by atoms with Crippen molar-refractivity contribution in [3.05, 3.63) is 0 Å². The van der Waals surface area contributed by atoms with E-state index in [1.54, 1.807) is 0 Å². The molecule has 1 aliphatic rings. The smallest absolute Gasteiger partial charge is 0.306 e. The average molecular weight is 172 g/mol. The maximum absolute atomic E-state index is 10.5. The van der Waals surface area contributed by atoms with Crippen LogP contribution < -0.4 is 0 Å². The Hall–Kier alpha value is -1.06. The van der Waals surface area contributed by atoms with Crippen LogP contribution in [0.3, 0.4) is 0 Å². The molecule has 68 valence electrons. The van der Waals surface area contributed by atoms with E-state index in [-0.39, 0.29) is 0 Å². The lowest BCUT2D eigenvalue weighted by Gasteiger charge is -2.23. The number of hydrogen-bond donors (Lipinski definition) is 2. The number of rotatable bonds is 2. The molecule has 0 aliphatic heterocycles. The topological polar surface area (TPSA) is 74.6 Å². The van der Waals surface area contributed by atoms with Crippen molar-refractivity contribution in [1.82, 2.24) is 0 Å². The molecule has 0 aromatic carbocycles. The van der Waals surface area contributed by atoms with Crippen molar-refractivity contribution in [1.29, 1.82) is 0 Å². The fourth-order valence-electron chi connectivity index (χ4n) is 1.64. The first-order valence-electron chi connectivity index (χ1n) is 4.07. The summed E-state index contributed by atoms with van der Waals surface area (Å²) in [6.07, 6.45) is 2.26. The molecule has 1 unspecified atom stereocenters. The van der Waals surface area contributed by atoms with Gasteiger partial charge in [-0.3, -0.25) is 9.59 Å². The number of aliphatic carboxylic acids is 2. The van der Waals surface area contributed by atoms with Crippen LogP contribution in [0, 0.1) is 11.8 Å². The van der Waals surface area contributed by atoms with E-state index in [4.69, 9.17) is 10.2 Å². The van der Waals surface area contributed by atoms with Crippen LogP contribution in [0.25, 0.3) is 0 Å². The van der Waals surface area contributed by atoms with Gasteiger partial charge in [0.15, 0.2) is 0 Å². The monoisotopic (exact) mass is 172 g/mol. The predicted octanol–water partition coefficient (Wildman–Crippen LogP) is 0.962. The Balaban J connectivity index is 2.51. The zero-order valence-electron chi connectivity index (χ0n) is 6.69. The Bertz CT molecular complexity index is 179. The Labute approximate surface area is 70.2 Å². The van der Waals surface area contributed by atoms with Gasteiger partial charge in [0.25, 0.3) is 0 Å². The van der Waals surface area contributed by atoms with E-state index in [0.717, 1.165) is 0 Å². The number of hydrogen-bond acceptors (Lipinski definition) is 2. The SMILES string of the molecule is O=C(O)C1CCC[C@H](C(=O)O)C1. The van der Waals surface area contributed by atoms with Gasteiger partial charge in [-0.05, 0) is 19.3 Å². The Kier molecular flexibility index (Phi) is 2.68. The van der Waals surface area contributed by atoms with Crippen LogP contribution in [-0.4, -0.2) is 22.2 Å². The highest BCUT2D eigenvalue weighted by molar-refractivity contribution is 5.74. The van der Waals surface area contributed by atoms with Crippen molar-refractivity contribution in [2.75, 3.05) is 0 Å². The largest absolute Gasteiger partial charge is 0.481 e. The molecule has 0 heterocycles. The molecular formula is C8H12O4. The summed E-state index contributed by atoms with van der Waals surface area (Å²) in [6, 6.07) is 0. The zero-order chi connectivity index (χ0) is 9.14. The summed E-state index contributed by atoms with van der Waals surface area (Å²) in [4.78, 5) is 21.1. The minimum Gasteiger partial charge on any atom is -0.481 e. The van der Waals surface area contributed by atoms with E-state index < -0.39 is 23.8 Å². The summed E-state index contributed by atoms with van der Waals surface area (Å²) in [6.45, 7) is 0. The van der Waals surface area contributed by atoms with Crippen molar-refractivity contribution in [3.63, 3.8) is 0 Å². The van der Waals surface area contributed by atoms with Crippen molar-refractivity contribution >= 4 is 11.9 Å². The molecule has 2 atom stereocenters. The lowest BCUT2D eigenvalue weighted by molar-refractivity contribution is -0.147. The summed E-state index contributed by atoms with van der Waals surface area (Å²) in [5.74, 6) is -2.61. The van der Waals surface area contributed by atoms with Gasteiger partial charge in [0, 0.05) is 0 Å². The summed E-state index contributed by atoms with van der Waals surface area (Å²) >= 11 is 0. The maximum Gasteiger partial charge on any atom is 0.306 e. The molecule has 1 fully saturated rings. The number of carbonyl (C=O) groups is 2. The fraction of sp³-hybridized carbons (Fsp3) is 0.750. The average Bonchev–Trinajstić information content (AvgIpc) is 2.04. The van der Waals surface area contributed by atoms with Gasteiger partial charge in [-0.1, -0.05) is 6.42 Å². The number of carboxylic acid groups (broad SMARTS) is 2. The Morgan fingerprint density at radius 1 is 1.00 bits per heavy atom. The van der Waals surface area contributed by atoms with Crippen LogP contribution >= 0.6 is 0 Å². The van der Waals surface area contributed by atoms with Gasteiger partial charge in [0.2, 0.25) is 0 Å². The molecule has 1 saturated carbocycles. The molecule has 12 heavy (non-hydrogen) atoms. The number of carboxylic acids is 2. The summed E-state index contributed by atoms with van der Waals surface area (Å²) in [5.41, 5.74) is 0. The molecule has 0 aromatic heterocycles. The normalized spacial score (nSPS) is 29.7. The van der Waals surface area contributed by atoms with Crippen LogP contribution in [0.2, 0.25) is 0 Å². The van der Waals surface area contributed by atoms with Crippen molar-refractivity contribution in [3.8, 4) is 0 Å². The van der Waals surface area contributed by atoms with Gasteiger partial charge in [0.05, 0.1) is 11.8 Å². The summed E-state index contributed by atoms with van der Waals surface area (Å²) in [5, 5.41) is 17.3. The van der Waals surface area contributed by atoms with Crippen LogP contribution in [0.1, 0.15) is 25.7 Å². The third-order valence-electron chi connectivity index (χ3n) is 2.37. The van der Waals surface area contributed by atoms with Gasteiger partial charge in [-0.15, -0.1) is 0 Å². The molecule has 0 radical (unpaired) electrons. The molecule has 2 N–H and O–H groups in total. The quantitative estimate of drug-likeness (QED) is 0.650. The molecule has 0 spiro atoms. The van der Waals surface area contributed by atoms with Gasteiger partial charge in [0.1, 0.15) is 0 Å². The van der Waals surface area contributed by atoms with Gasteiger partial charge in [-0.25, -0.2) is 0 Å². The first kappa shape index (κ1) is 9.03. The standard InChI is InChI=1S/C8H12O4/c9-7(10)5-2-1-3-6(4-5)8(11)12/h5-6H,1-4H2,(H,9,10)(H,11,12)/t5-,6?/m0/s1. The fourth-order valence-corrected chi connectivity index (χ4v) is 1.64. The molecule has 0 saturated heterocycles. The third-order valence-corrected chi connectivity index (χ3v) is 2.37. The minimum atomic E-state index is -0.860. The van der Waals surface area contributed by atoms with Crippen molar-refractivity contribution < 1.29 is 19.8 Å². The van der Waals surface area contributed by atoms with E-state index in [0.29, 0.717) is 25.7 Å². The summed E-state index contributed by atoms with van der Waals surface area (Å²) < 4.78 is 0. The highest BCUT2D eigenvalue weighted by Gasteiger charge is 2.30. The second-order valence-electron chi connectivity index (χ2n) is 3.24. The molecule has 4 heteroatoms. The highest BCUT2D eigenvalue weighted by Crippen LogP contribution is 2.29. The second kappa shape index (κ2) is 3.56. The van der Waals surface area contributed by atoms with Crippen LogP contribution in [-0.2, 0) is 9.59 Å². The van der Waals surface area contributed by atoms with Crippen molar-refractivity contribution in [2.45, 2.75) is 25.7 Å². The molecule has 4 nitrogen and oxygen atoms in total. The van der Waals surface area contributed by atoms with E-state index in [9.17, 15) is 9.59 Å². The maximum atomic E-state index is 10.5. The predicted molar refractivity (Wildman–Crippen MR) is 40.7 cm³/mol.